The molecular weight excluding hydrogens is 568 g/mol. The third kappa shape index (κ3) is 6.25. The molecule has 0 saturated carbocycles. The maximum atomic E-state index is 14.0. The van der Waals surface area contributed by atoms with Gasteiger partial charge in [-0.25, -0.2) is 0 Å². The Morgan fingerprint density at radius 3 is 2.47 bits per heavy atom. The van der Waals surface area contributed by atoms with Crippen molar-refractivity contribution in [2.24, 2.45) is 0 Å². The van der Waals surface area contributed by atoms with E-state index in [9.17, 15) is 14.4 Å². The summed E-state index contributed by atoms with van der Waals surface area (Å²) in [5, 5.41) is 12.2. The van der Waals surface area contributed by atoms with Crippen LogP contribution in [0, 0.1) is 6.20 Å². The number of hydrogen-bond acceptors (Lipinski definition) is 6. The van der Waals surface area contributed by atoms with Gasteiger partial charge in [-0.1, -0.05) is 18.6 Å². The number of benzene rings is 2. The van der Waals surface area contributed by atoms with E-state index in [2.05, 4.69) is 31.6 Å². The number of para-hydroxylation sites is 1. The fraction of sp³-hybridized carbons (Fsp3) is 0.500. The van der Waals surface area contributed by atoms with Crippen molar-refractivity contribution in [2.75, 3.05) is 44.6 Å². The van der Waals surface area contributed by atoms with Crippen molar-refractivity contribution >= 4 is 39.3 Å². The van der Waals surface area contributed by atoms with Crippen LogP contribution in [0.4, 0.5) is 5.69 Å². The molecule has 5 heterocycles. The maximum Gasteiger partial charge on any atom is 0.606 e. The van der Waals surface area contributed by atoms with Crippen molar-refractivity contribution < 1.29 is 14.6 Å². The minimum atomic E-state index is -0.675. The molecule has 0 bridgehead atoms. The first-order valence-electron chi connectivity index (χ1n) is 16.4. The number of carbonyl (C=O) groups is 2. The van der Waals surface area contributed by atoms with Crippen LogP contribution in [0.2, 0.25) is 0 Å². The van der Waals surface area contributed by atoms with Crippen LogP contribution in [0.1, 0.15) is 57.4 Å². The molecule has 3 saturated heterocycles. The van der Waals surface area contributed by atoms with E-state index in [1.807, 2.05) is 52.3 Å². The molecule has 45 heavy (non-hydrogen) atoms. The smallest absolute Gasteiger partial charge is 0.373 e. The number of carbonyl (C=O) groups excluding carboxylic acids is 2. The molecule has 1 atom stereocenters. The Bertz CT molecular complexity index is 1710. The number of nitrogens with zero attached hydrogens (tertiary/aromatic N) is 6. The molecule has 3 aliphatic heterocycles. The Hall–Kier alpha value is -4.43. The van der Waals surface area contributed by atoms with E-state index in [0.717, 1.165) is 53.4 Å². The van der Waals surface area contributed by atoms with Gasteiger partial charge in [0, 0.05) is 56.1 Å². The Morgan fingerprint density at radius 1 is 0.933 bits per heavy atom. The average molecular weight is 610 g/mol. The van der Waals surface area contributed by atoms with Crippen LogP contribution in [-0.4, -0.2) is 92.6 Å². The summed E-state index contributed by atoms with van der Waals surface area (Å²) in [6.07, 6.45) is 11.7. The summed E-state index contributed by atoms with van der Waals surface area (Å²) in [7, 11) is 0. The van der Waals surface area contributed by atoms with Gasteiger partial charge in [0.25, 0.3) is 0 Å². The number of hydrogen-bond donors (Lipinski definition) is 2. The second kappa shape index (κ2) is 12.9. The number of piperidine rings is 3. The van der Waals surface area contributed by atoms with Crippen molar-refractivity contribution in [1.82, 2.24) is 29.5 Å². The van der Waals surface area contributed by atoms with Gasteiger partial charge in [0.1, 0.15) is 17.5 Å². The van der Waals surface area contributed by atoms with E-state index in [1.54, 1.807) is 10.8 Å². The highest BCUT2D eigenvalue weighted by Crippen LogP contribution is 2.27. The van der Waals surface area contributed by atoms with Crippen molar-refractivity contribution in [1.29, 1.82) is 0 Å². The highest BCUT2D eigenvalue weighted by molar-refractivity contribution is 5.91. The molecular formula is C34H41N8O3+. The van der Waals surface area contributed by atoms with E-state index < -0.39 is 6.04 Å². The quantitative estimate of drug-likeness (QED) is 0.331. The monoisotopic (exact) mass is 609 g/mol. The third-order valence-corrected chi connectivity index (χ3v) is 9.97. The molecule has 0 radical (unpaired) electrons. The van der Waals surface area contributed by atoms with E-state index in [4.69, 9.17) is 0 Å². The van der Waals surface area contributed by atoms with Gasteiger partial charge >= 0.3 is 5.69 Å². The summed E-state index contributed by atoms with van der Waals surface area (Å²) >= 11 is 0. The predicted octanol–water partition coefficient (Wildman–Crippen LogP) is 2.79. The predicted molar refractivity (Wildman–Crippen MR) is 171 cm³/mol. The van der Waals surface area contributed by atoms with Crippen LogP contribution < -0.4 is 16.0 Å². The minimum Gasteiger partial charge on any atom is -0.373 e. The van der Waals surface area contributed by atoms with E-state index in [-0.39, 0.29) is 30.0 Å². The summed E-state index contributed by atoms with van der Waals surface area (Å²) in [6, 6.07) is 13.3. The van der Waals surface area contributed by atoms with Gasteiger partial charge in [-0.2, -0.15) is 14.5 Å². The fourth-order valence-electron chi connectivity index (χ4n) is 7.46. The lowest BCUT2D eigenvalue weighted by molar-refractivity contribution is -0.324. The average Bonchev–Trinajstić information content (AvgIpc) is 3.56. The number of nitrogens with one attached hydrogen (secondary N) is 2. The molecule has 2 N–H and O–H groups in total. The molecule has 0 aliphatic carbocycles. The lowest BCUT2D eigenvalue weighted by atomic mass is 9.98. The first-order chi connectivity index (χ1) is 22.0. The fourth-order valence-corrected chi connectivity index (χ4v) is 7.46. The van der Waals surface area contributed by atoms with Crippen molar-refractivity contribution in [3.05, 3.63) is 65.3 Å². The van der Waals surface area contributed by atoms with Crippen LogP contribution in [0.3, 0.4) is 0 Å². The van der Waals surface area contributed by atoms with Crippen molar-refractivity contribution in [2.45, 2.75) is 69.5 Å². The van der Waals surface area contributed by atoms with E-state index in [0.29, 0.717) is 45.1 Å². The summed E-state index contributed by atoms with van der Waals surface area (Å²) in [5.74, 6) is -0.0733. The lowest BCUT2D eigenvalue weighted by Crippen LogP contribution is -2.52. The van der Waals surface area contributed by atoms with Crippen LogP contribution >= 0.6 is 0 Å². The molecule has 3 aliphatic rings. The maximum absolute atomic E-state index is 14.0. The van der Waals surface area contributed by atoms with Gasteiger partial charge in [0.2, 0.25) is 18.0 Å². The van der Waals surface area contributed by atoms with Crippen molar-refractivity contribution in [3.63, 3.8) is 0 Å². The molecule has 7 rings (SSSR count). The molecule has 0 spiro atoms. The highest BCUT2D eigenvalue weighted by atomic mass is 16.2. The van der Waals surface area contributed by atoms with Crippen LogP contribution in [0.25, 0.3) is 21.8 Å². The van der Waals surface area contributed by atoms with Gasteiger partial charge < -0.3 is 20.0 Å². The van der Waals surface area contributed by atoms with Gasteiger partial charge in [-0.3, -0.25) is 14.7 Å². The molecule has 11 nitrogen and oxygen atoms in total. The SMILES string of the molecule is O=C(CC(Nc1ccc2[nH]ncc2c1)C(=O)N1CCC(N2CCCCC2)CC1)N1CCC(n2c(=O)[n+]#cc3ccccc32)CC1. The highest BCUT2D eigenvalue weighted by Gasteiger charge is 2.35. The zero-order valence-electron chi connectivity index (χ0n) is 25.7. The van der Waals surface area contributed by atoms with Gasteiger partial charge in [0.15, 0.2) is 5.52 Å². The minimum absolute atomic E-state index is 0.0211. The number of anilines is 1. The number of rotatable bonds is 7. The molecule has 1 unspecified atom stereocenters. The molecule has 3 fully saturated rings. The van der Waals surface area contributed by atoms with Crippen LogP contribution in [0.15, 0.2) is 53.5 Å². The van der Waals surface area contributed by atoms with Crippen LogP contribution in [0.5, 0.6) is 0 Å². The molecule has 2 amide bonds. The zero-order valence-corrected chi connectivity index (χ0v) is 25.7. The summed E-state index contributed by atoms with van der Waals surface area (Å²) in [4.78, 5) is 50.9. The standard InChI is InChI=1S/C34H41N8O3/c43-32(40-16-12-28(13-17-40)42-31-7-3-2-6-24(31)22-35-34(42)45)21-30(37-26-8-9-29-25(20-26)23-36-38-29)33(44)41-18-10-27(11-19-41)39-14-4-1-5-15-39/h2-3,6-9,20,23,27-28,30,37H,1,4-5,10-19,21H2,(H,36,38)/q+1. The van der Waals surface area contributed by atoms with Gasteiger partial charge in [0.05, 0.1) is 18.1 Å². The number of amides is 2. The lowest BCUT2D eigenvalue weighted by Gasteiger charge is -2.41. The number of fused-ring (bicyclic) bond motifs is 2. The summed E-state index contributed by atoms with van der Waals surface area (Å²) in [6.45, 7) is 4.79. The number of aromatic nitrogens is 4. The number of H-pyrrole nitrogens is 1. The molecule has 2 aromatic heterocycles. The Morgan fingerprint density at radius 2 is 1.67 bits per heavy atom. The topological polar surface area (TPSA) is 121 Å². The van der Waals surface area contributed by atoms with Crippen LogP contribution in [-0.2, 0) is 9.59 Å². The van der Waals surface area contributed by atoms with Gasteiger partial charge in [-0.15, -0.1) is 4.98 Å². The van der Waals surface area contributed by atoms with E-state index >= 15 is 0 Å². The molecule has 2 aromatic carbocycles. The number of aromatic amines is 1. The van der Waals surface area contributed by atoms with E-state index in [1.165, 1.54) is 19.3 Å². The second-order valence-electron chi connectivity index (χ2n) is 12.7. The van der Waals surface area contributed by atoms with Gasteiger partial charge in [-0.05, 0) is 69.1 Å². The first-order valence-corrected chi connectivity index (χ1v) is 16.4. The summed E-state index contributed by atoms with van der Waals surface area (Å²) in [5.41, 5.74) is 2.21. The Balaban J connectivity index is 1.03. The Labute approximate surface area is 262 Å². The molecule has 4 aromatic rings. The molecule has 234 valence electrons. The first kappa shape index (κ1) is 29.3. The Kier molecular flexibility index (Phi) is 8.39. The zero-order chi connectivity index (χ0) is 30.8. The normalized spacial score (nSPS) is 19.5. The number of likely N-dealkylation sites (tertiary alicyclic amines) is 3. The van der Waals surface area contributed by atoms with Crippen molar-refractivity contribution in [3.8, 4) is 0 Å². The third-order valence-electron chi connectivity index (χ3n) is 9.97. The largest absolute Gasteiger partial charge is 0.606 e. The molecule has 11 heteroatoms. The second-order valence-corrected chi connectivity index (χ2v) is 12.7. The summed E-state index contributed by atoms with van der Waals surface area (Å²) < 4.78 is 1.75.